The average Bonchev–Trinajstić information content (AvgIpc) is 2.96. The smallest absolute Gasteiger partial charge is 0.213 e. The van der Waals surface area contributed by atoms with Crippen molar-refractivity contribution >= 4 is 45.2 Å². The molecule has 3 rings (SSSR count). The molecule has 3 unspecified atom stereocenters. The summed E-state index contributed by atoms with van der Waals surface area (Å²) in [4.78, 5) is 8.81. The molecular formula is C17H19BFIN3OP. The highest BCUT2D eigenvalue weighted by atomic mass is 127. The van der Waals surface area contributed by atoms with Crippen LogP contribution < -0.4 is 4.74 Å². The molecule has 0 N–H and O–H groups in total. The summed E-state index contributed by atoms with van der Waals surface area (Å²) in [5.74, 6) is 1.39. The van der Waals surface area contributed by atoms with Crippen molar-refractivity contribution in [1.82, 2.24) is 14.4 Å². The van der Waals surface area contributed by atoms with E-state index in [-0.39, 0.29) is 11.7 Å². The molecule has 3 aromatic rings. The minimum Gasteiger partial charge on any atom is -0.473 e. The maximum Gasteiger partial charge on any atom is 0.213 e. The normalized spacial score (nSPS) is 16.4. The lowest BCUT2D eigenvalue weighted by atomic mass is 9.87. The van der Waals surface area contributed by atoms with Gasteiger partial charge in [0.15, 0.2) is 3.68 Å². The Morgan fingerprint density at radius 1 is 1.20 bits per heavy atom. The second-order valence-corrected chi connectivity index (χ2v) is 10.5. The van der Waals surface area contributed by atoms with Crippen LogP contribution >= 0.6 is 31.8 Å². The van der Waals surface area contributed by atoms with Crippen molar-refractivity contribution in [1.29, 1.82) is 0 Å². The van der Waals surface area contributed by atoms with E-state index in [1.165, 1.54) is 6.92 Å². The van der Waals surface area contributed by atoms with Crippen molar-refractivity contribution in [2.24, 2.45) is 0 Å². The zero-order valence-corrected chi connectivity index (χ0v) is 17.6. The second-order valence-electron chi connectivity index (χ2n) is 6.76. The van der Waals surface area contributed by atoms with Gasteiger partial charge in [0.2, 0.25) is 5.88 Å². The molecule has 0 aromatic carbocycles. The molecule has 25 heavy (non-hydrogen) atoms. The van der Waals surface area contributed by atoms with Gasteiger partial charge in [-0.1, -0.05) is 13.0 Å². The first kappa shape index (κ1) is 18.6. The van der Waals surface area contributed by atoms with E-state index in [0.717, 1.165) is 22.5 Å². The van der Waals surface area contributed by atoms with Gasteiger partial charge in [-0.15, -0.1) is 9.24 Å². The summed E-state index contributed by atoms with van der Waals surface area (Å²) >= 11 is 1.71. The molecule has 0 bridgehead atoms. The maximum absolute atomic E-state index is 13.5. The van der Waals surface area contributed by atoms with Crippen LogP contribution in [0.5, 0.6) is 5.88 Å². The van der Waals surface area contributed by atoms with Crippen LogP contribution in [-0.4, -0.2) is 32.5 Å². The zero-order chi connectivity index (χ0) is 18.2. The third kappa shape index (κ3) is 4.50. The van der Waals surface area contributed by atoms with Gasteiger partial charge in [0, 0.05) is 29.1 Å². The number of ether oxygens (including phenoxy) is 1. The number of nitrogens with zero attached hydrogens (tertiary/aromatic N) is 3. The monoisotopic (exact) mass is 469 g/mol. The van der Waals surface area contributed by atoms with E-state index in [2.05, 4.69) is 44.6 Å². The lowest BCUT2D eigenvalue weighted by Gasteiger charge is -2.17. The van der Waals surface area contributed by atoms with Crippen LogP contribution in [0.25, 0.3) is 16.6 Å². The summed E-state index contributed by atoms with van der Waals surface area (Å²) in [5, 5.41) is -0.126. The van der Waals surface area contributed by atoms with Crippen LogP contribution in [-0.2, 0) is 5.06 Å². The van der Waals surface area contributed by atoms with E-state index in [0.29, 0.717) is 5.88 Å². The Labute approximate surface area is 163 Å². The molecule has 0 radical (unpaired) electrons. The number of imidazole rings is 1. The quantitative estimate of drug-likeness (QED) is 0.249. The van der Waals surface area contributed by atoms with Gasteiger partial charge >= 0.3 is 0 Å². The lowest BCUT2D eigenvalue weighted by Crippen LogP contribution is -2.19. The Bertz CT molecular complexity index is 888. The molecule has 4 nitrogen and oxygen atoms in total. The topological polar surface area (TPSA) is 39.4 Å². The highest BCUT2D eigenvalue weighted by molar-refractivity contribution is 14.1. The molecule has 0 saturated carbocycles. The molecule has 3 atom stereocenters. The summed E-state index contributed by atoms with van der Waals surface area (Å²) < 4.78 is 19.5. The zero-order valence-electron chi connectivity index (χ0n) is 14.3. The Balaban J connectivity index is 1.89. The van der Waals surface area contributed by atoms with Gasteiger partial charge in [0.05, 0.1) is 11.7 Å². The number of hydrogen-bond acceptors (Lipinski definition) is 3. The van der Waals surface area contributed by atoms with Crippen molar-refractivity contribution in [3.05, 3.63) is 48.7 Å². The van der Waals surface area contributed by atoms with E-state index in [1.54, 1.807) is 34.9 Å². The Hall–Kier alpha value is -1.21. The van der Waals surface area contributed by atoms with Gasteiger partial charge < -0.3 is 9.14 Å². The van der Waals surface area contributed by atoms with Crippen molar-refractivity contribution in [3.8, 4) is 17.0 Å². The molecule has 0 aliphatic rings. The molecule has 0 aliphatic heterocycles. The van der Waals surface area contributed by atoms with Crippen molar-refractivity contribution in [2.45, 2.75) is 22.6 Å². The van der Waals surface area contributed by atoms with Crippen molar-refractivity contribution < 1.29 is 9.13 Å². The molecule has 0 aliphatic carbocycles. The molecule has 0 amide bonds. The van der Waals surface area contributed by atoms with Crippen LogP contribution in [0, 0.1) is 0 Å². The van der Waals surface area contributed by atoms with Gasteiger partial charge in [-0.3, -0.25) is 0 Å². The van der Waals surface area contributed by atoms with Gasteiger partial charge in [-0.05, 0) is 47.2 Å². The molecule has 3 heterocycles. The number of fused-ring (bicyclic) bond motifs is 1. The van der Waals surface area contributed by atoms with E-state index < -0.39 is 3.68 Å². The lowest BCUT2D eigenvalue weighted by molar-refractivity contribution is 0.191. The molecule has 0 saturated heterocycles. The first-order valence-corrected chi connectivity index (χ1v) is 9.53. The predicted molar refractivity (Wildman–Crippen MR) is 113 cm³/mol. The molecule has 0 fully saturated rings. The van der Waals surface area contributed by atoms with Gasteiger partial charge in [0.1, 0.15) is 20.3 Å². The largest absolute Gasteiger partial charge is 0.473 e. The summed E-state index contributed by atoms with van der Waals surface area (Å²) in [7, 11) is 4.93. The number of rotatable bonds is 5. The van der Waals surface area contributed by atoms with Crippen LogP contribution in [0.3, 0.4) is 0 Å². The van der Waals surface area contributed by atoms with E-state index in [4.69, 9.17) is 4.74 Å². The Morgan fingerprint density at radius 2 is 1.92 bits per heavy atom. The number of pyridine rings is 2. The summed E-state index contributed by atoms with van der Waals surface area (Å²) in [5.41, 5.74) is 3.05. The van der Waals surface area contributed by atoms with E-state index in [9.17, 15) is 4.39 Å². The number of alkyl halides is 2. The molecule has 3 aromatic heterocycles. The van der Waals surface area contributed by atoms with Crippen molar-refractivity contribution in [3.63, 3.8) is 0 Å². The number of hydrogen-bond donors (Lipinski definition) is 0. The minimum absolute atomic E-state index is 0.0342. The molecule has 0 spiro atoms. The standard InChI is InChI=1S/C17H19BFIN3OP/c1-16(19,20)10-24-14-6-4-11(7-21-14)12-3-5-13-8-22-15(17(2,18)25)23(13)9-12/h3-9H,10,18,25H2,1-2H3. The van der Waals surface area contributed by atoms with Gasteiger partial charge in [-0.25, -0.2) is 14.4 Å². The predicted octanol–water partition coefficient (Wildman–Crippen LogP) is 3.58. The number of halogens is 2. The molecule has 8 heteroatoms. The van der Waals surface area contributed by atoms with Crippen LogP contribution in [0.1, 0.15) is 19.7 Å². The first-order chi connectivity index (χ1) is 11.6. The Kier molecular flexibility index (Phi) is 5.08. The fraction of sp³-hybridized carbons (Fsp3) is 0.294. The molecular weight excluding hydrogens is 450 g/mol. The fourth-order valence-electron chi connectivity index (χ4n) is 2.47. The Morgan fingerprint density at radius 3 is 2.52 bits per heavy atom. The first-order valence-electron chi connectivity index (χ1n) is 7.87. The van der Waals surface area contributed by atoms with Gasteiger partial charge in [0.25, 0.3) is 0 Å². The number of aromatic nitrogens is 3. The summed E-state index contributed by atoms with van der Waals surface area (Å²) in [6.07, 6.45) is 5.67. The van der Waals surface area contributed by atoms with Gasteiger partial charge in [-0.2, -0.15) is 0 Å². The highest BCUT2D eigenvalue weighted by Gasteiger charge is 2.20. The maximum atomic E-state index is 13.5. The SMILES string of the molecule is BC(C)(P)c1ncc2ccc(-c3ccc(OCC(C)(F)I)nc3)cn12. The van der Waals surface area contributed by atoms with Crippen molar-refractivity contribution in [2.75, 3.05) is 6.61 Å². The van der Waals surface area contributed by atoms with Crippen LogP contribution in [0.15, 0.2) is 42.9 Å². The summed E-state index contributed by atoms with van der Waals surface area (Å²) in [6, 6.07) is 7.76. The summed E-state index contributed by atoms with van der Waals surface area (Å²) in [6.45, 7) is 3.54. The second kappa shape index (κ2) is 6.84. The van der Waals surface area contributed by atoms with E-state index >= 15 is 0 Å². The van der Waals surface area contributed by atoms with Crippen LogP contribution in [0.4, 0.5) is 4.39 Å². The fourth-order valence-corrected chi connectivity index (χ4v) is 2.84. The third-order valence-electron chi connectivity index (χ3n) is 3.65. The third-order valence-corrected chi connectivity index (χ3v) is 4.22. The minimum atomic E-state index is -1.41. The highest BCUT2D eigenvalue weighted by Crippen LogP contribution is 2.29. The average molecular weight is 469 g/mol. The van der Waals surface area contributed by atoms with E-state index in [1.807, 2.05) is 24.4 Å². The van der Waals surface area contributed by atoms with Crippen LogP contribution in [0.2, 0.25) is 0 Å². The molecule has 130 valence electrons.